The van der Waals surface area contributed by atoms with Gasteiger partial charge in [-0.3, -0.25) is 14.4 Å². The van der Waals surface area contributed by atoms with Crippen LogP contribution in [0.2, 0.25) is 0 Å². The molecule has 1 aromatic carbocycles. The number of aryl methyl sites for hydroxylation is 1. The van der Waals surface area contributed by atoms with Gasteiger partial charge in [0.15, 0.2) is 17.1 Å². The molecule has 0 aliphatic carbocycles. The second kappa shape index (κ2) is 7.74. The molecule has 1 aromatic heterocycles. The Kier molecular flexibility index (Phi) is 4.97. The third-order valence-electron chi connectivity index (χ3n) is 6.50. The molecule has 170 valence electrons. The topological polar surface area (TPSA) is 100 Å². The predicted molar refractivity (Wildman–Crippen MR) is 119 cm³/mol. The van der Waals surface area contributed by atoms with E-state index in [4.69, 9.17) is 9.15 Å². The molecular weight excluding hydrogens is 424 g/mol. The summed E-state index contributed by atoms with van der Waals surface area (Å²) in [5, 5.41) is 11.0. The zero-order valence-corrected chi connectivity index (χ0v) is 18.2. The van der Waals surface area contributed by atoms with Crippen molar-refractivity contribution >= 4 is 23.3 Å². The number of amides is 2. The number of para-hydroxylation sites is 1. The van der Waals surface area contributed by atoms with Gasteiger partial charge in [0.05, 0.1) is 17.4 Å². The van der Waals surface area contributed by atoms with Crippen LogP contribution in [0.5, 0.6) is 0 Å². The number of rotatable bonds is 6. The van der Waals surface area contributed by atoms with Crippen LogP contribution in [-0.2, 0) is 19.9 Å². The molecular formula is C25H24N2O6. The maximum atomic E-state index is 14.1. The molecule has 8 heteroatoms. The molecule has 8 nitrogen and oxygen atoms in total. The van der Waals surface area contributed by atoms with Crippen molar-refractivity contribution in [3.8, 4) is 0 Å². The highest BCUT2D eigenvalue weighted by Crippen LogP contribution is 2.53. The van der Waals surface area contributed by atoms with Crippen LogP contribution < -0.4 is 4.90 Å². The summed E-state index contributed by atoms with van der Waals surface area (Å²) >= 11 is 0. The van der Waals surface area contributed by atoms with Crippen LogP contribution in [0.4, 0.5) is 5.69 Å². The van der Waals surface area contributed by atoms with Crippen molar-refractivity contribution < 1.29 is 28.6 Å². The van der Waals surface area contributed by atoms with Gasteiger partial charge in [0.1, 0.15) is 5.76 Å². The summed E-state index contributed by atoms with van der Waals surface area (Å²) in [6.45, 7) is 6.24. The van der Waals surface area contributed by atoms with Gasteiger partial charge >= 0.3 is 0 Å². The van der Waals surface area contributed by atoms with E-state index >= 15 is 0 Å². The summed E-state index contributed by atoms with van der Waals surface area (Å²) in [5.41, 5.74) is -1.09. The molecule has 1 saturated heterocycles. The number of ether oxygens (including phenoxy) is 1. The first-order chi connectivity index (χ1) is 15.9. The van der Waals surface area contributed by atoms with Gasteiger partial charge in [0.2, 0.25) is 5.78 Å². The van der Waals surface area contributed by atoms with E-state index in [2.05, 4.69) is 6.58 Å². The Morgan fingerprint density at radius 1 is 1.27 bits per heavy atom. The first-order valence-corrected chi connectivity index (χ1v) is 10.9. The minimum Gasteiger partial charge on any atom is -0.503 e. The van der Waals surface area contributed by atoms with Crippen molar-refractivity contribution in [2.75, 3.05) is 24.6 Å². The van der Waals surface area contributed by atoms with Gasteiger partial charge in [-0.25, -0.2) is 0 Å². The maximum Gasteiger partial charge on any atom is 0.290 e. The number of furan rings is 1. The Morgan fingerprint density at radius 3 is 2.73 bits per heavy atom. The summed E-state index contributed by atoms with van der Waals surface area (Å²) < 4.78 is 11.3. The molecule has 33 heavy (non-hydrogen) atoms. The molecule has 1 spiro atoms. The van der Waals surface area contributed by atoms with Crippen molar-refractivity contribution in [2.24, 2.45) is 0 Å². The number of aliphatic hydroxyl groups is 1. The number of aliphatic hydroxyl groups excluding tert-OH is 1. The first-order valence-electron chi connectivity index (χ1n) is 10.9. The Balaban J connectivity index is 1.75. The lowest BCUT2D eigenvalue weighted by molar-refractivity contribution is -0.141. The molecule has 0 radical (unpaired) electrons. The third-order valence-corrected chi connectivity index (χ3v) is 6.50. The molecule has 2 unspecified atom stereocenters. The number of nitrogens with zero attached hydrogens (tertiary/aromatic N) is 2. The highest BCUT2D eigenvalue weighted by Gasteiger charge is 2.66. The molecule has 5 rings (SSSR count). The van der Waals surface area contributed by atoms with E-state index in [9.17, 15) is 19.5 Å². The van der Waals surface area contributed by atoms with Crippen molar-refractivity contribution in [1.29, 1.82) is 0 Å². The normalized spacial score (nSPS) is 24.3. The van der Waals surface area contributed by atoms with Crippen molar-refractivity contribution in [3.63, 3.8) is 0 Å². The molecule has 0 saturated carbocycles. The second-order valence-corrected chi connectivity index (χ2v) is 8.45. The van der Waals surface area contributed by atoms with Gasteiger partial charge in [-0.2, -0.15) is 0 Å². The molecule has 0 bridgehead atoms. The van der Waals surface area contributed by atoms with Crippen LogP contribution in [0, 0.1) is 6.92 Å². The zero-order chi connectivity index (χ0) is 23.3. The monoisotopic (exact) mass is 448 g/mol. The maximum absolute atomic E-state index is 14.1. The van der Waals surface area contributed by atoms with Crippen molar-refractivity contribution in [3.05, 3.63) is 77.5 Å². The van der Waals surface area contributed by atoms with Crippen LogP contribution in [-0.4, -0.2) is 53.4 Å². The highest BCUT2D eigenvalue weighted by molar-refractivity contribution is 6.25. The molecule has 1 fully saturated rings. The van der Waals surface area contributed by atoms with Gasteiger partial charge in [-0.1, -0.05) is 24.3 Å². The minimum atomic E-state index is -1.81. The average molecular weight is 448 g/mol. The Hall–Kier alpha value is -3.65. The van der Waals surface area contributed by atoms with Crippen LogP contribution >= 0.6 is 0 Å². The van der Waals surface area contributed by atoms with Crippen molar-refractivity contribution in [1.82, 2.24) is 4.90 Å². The number of carbonyl (C=O) groups excluding carboxylic acids is 3. The fourth-order valence-electron chi connectivity index (χ4n) is 5.10. The molecule has 4 heterocycles. The van der Waals surface area contributed by atoms with E-state index < -0.39 is 28.9 Å². The fraction of sp³-hybridized carbons (Fsp3) is 0.320. The molecule has 2 amide bonds. The summed E-state index contributed by atoms with van der Waals surface area (Å²) in [7, 11) is 0. The second-order valence-electron chi connectivity index (χ2n) is 8.45. The molecule has 2 aromatic rings. The number of Topliss-reactive ketones (excluding diaryl/α,β-unsaturated/α-hetero) is 1. The Morgan fingerprint density at radius 2 is 2.06 bits per heavy atom. The van der Waals surface area contributed by atoms with Gasteiger partial charge in [0, 0.05) is 25.3 Å². The quantitative estimate of drug-likeness (QED) is 0.539. The van der Waals surface area contributed by atoms with Crippen LogP contribution in [0.25, 0.3) is 0 Å². The van der Waals surface area contributed by atoms with E-state index in [1.165, 1.54) is 15.9 Å². The number of carbonyl (C=O) groups is 3. The van der Waals surface area contributed by atoms with E-state index in [0.29, 0.717) is 30.0 Å². The summed E-state index contributed by atoms with van der Waals surface area (Å²) in [6.07, 6.45) is 2.83. The number of anilines is 1. The van der Waals surface area contributed by atoms with Crippen LogP contribution in [0.1, 0.15) is 34.7 Å². The molecule has 3 aliphatic rings. The zero-order valence-electron chi connectivity index (χ0n) is 18.2. The van der Waals surface area contributed by atoms with Gasteiger partial charge < -0.3 is 24.1 Å². The first kappa shape index (κ1) is 21.2. The summed E-state index contributed by atoms with van der Waals surface area (Å²) in [4.78, 5) is 44.0. The lowest BCUT2D eigenvalue weighted by atomic mass is 9.81. The predicted octanol–water partition coefficient (Wildman–Crippen LogP) is 3.03. The third kappa shape index (κ3) is 2.90. The number of benzene rings is 1. The lowest BCUT2D eigenvalue weighted by Crippen LogP contribution is -2.55. The summed E-state index contributed by atoms with van der Waals surface area (Å²) in [6, 6.07) is 10.1. The van der Waals surface area contributed by atoms with E-state index in [-0.39, 0.29) is 30.5 Å². The Bertz CT molecular complexity index is 1200. The number of hydrogen-bond donors (Lipinski definition) is 1. The highest BCUT2D eigenvalue weighted by atomic mass is 16.5. The average Bonchev–Trinajstić information content (AvgIpc) is 3.57. The number of fused-ring (bicyclic) bond motifs is 2. The van der Waals surface area contributed by atoms with E-state index in [0.717, 1.165) is 6.42 Å². The minimum absolute atomic E-state index is 0.0485. The number of ketones is 1. The van der Waals surface area contributed by atoms with Crippen LogP contribution in [0.15, 0.2) is 64.8 Å². The lowest BCUT2D eigenvalue weighted by Gasteiger charge is -2.36. The van der Waals surface area contributed by atoms with Crippen LogP contribution in [0.3, 0.4) is 0 Å². The fourth-order valence-corrected chi connectivity index (χ4v) is 5.10. The molecule has 2 atom stereocenters. The standard InChI is InChI=1S/C25H24N2O6/c1-3-12-26-18-9-5-4-8-17(18)25(24(26)31)20(21(28)19-11-10-15(2)33-19)22(29)23(30)27(25)14-16-7-6-13-32-16/h3-5,8-11,16,29H,1,6-7,12-14H2,2H3. The number of hydrogen-bond acceptors (Lipinski definition) is 6. The van der Waals surface area contributed by atoms with Crippen molar-refractivity contribution in [2.45, 2.75) is 31.4 Å². The SMILES string of the molecule is C=CCN1C(=O)C2(C(C(=O)c3ccc(C)o3)=C(O)C(=O)N2CC2CCCO2)c2ccccc21. The smallest absolute Gasteiger partial charge is 0.290 e. The van der Waals surface area contributed by atoms with Gasteiger partial charge in [0.25, 0.3) is 11.8 Å². The molecule has 3 aliphatic heterocycles. The largest absolute Gasteiger partial charge is 0.503 e. The Labute approximate surface area is 190 Å². The summed E-state index contributed by atoms with van der Waals surface area (Å²) in [5.74, 6) is -2.26. The molecule has 1 N–H and O–H groups in total. The van der Waals surface area contributed by atoms with E-state index in [1.54, 1.807) is 43.3 Å². The van der Waals surface area contributed by atoms with E-state index in [1.807, 2.05) is 0 Å². The van der Waals surface area contributed by atoms with Gasteiger partial charge in [-0.05, 0) is 38.0 Å². The van der Waals surface area contributed by atoms with Gasteiger partial charge in [-0.15, -0.1) is 6.58 Å².